The van der Waals surface area contributed by atoms with Gasteiger partial charge in [-0.2, -0.15) is 0 Å². The molecule has 1 atom stereocenters. The fourth-order valence-corrected chi connectivity index (χ4v) is 5.48. The van der Waals surface area contributed by atoms with Gasteiger partial charge in [0.1, 0.15) is 13.2 Å². The summed E-state index contributed by atoms with van der Waals surface area (Å²) in [4.78, 5) is 37.8. The smallest absolute Gasteiger partial charge is 0.306 e. The van der Waals surface area contributed by atoms with Gasteiger partial charge in [0.15, 0.2) is 6.10 Å². The van der Waals surface area contributed by atoms with Gasteiger partial charge in [-0.3, -0.25) is 14.4 Å². The summed E-state index contributed by atoms with van der Waals surface area (Å²) < 4.78 is 16.6. The summed E-state index contributed by atoms with van der Waals surface area (Å²) in [7, 11) is 0. The van der Waals surface area contributed by atoms with Crippen molar-refractivity contribution in [2.45, 2.75) is 168 Å². The molecule has 0 aromatic heterocycles. The van der Waals surface area contributed by atoms with Gasteiger partial charge in [0, 0.05) is 19.3 Å². The Morgan fingerprint density at radius 2 is 0.695 bits per heavy atom. The topological polar surface area (TPSA) is 78.9 Å². The lowest BCUT2D eigenvalue weighted by Crippen LogP contribution is -2.30. The van der Waals surface area contributed by atoms with Crippen molar-refractivity contribution in [3.63, 3.8) is 0 Å². The van der Waals surface area contributed by atoms with Crippen LogP contribution < -0.4 is 0 Å². The van der Waals surface area contributed by atoms with Crippen molar-refractivity contribution in [1.29, 1.82) is 0 Å². The van der Waals surface area contributed by atoms with Crippen molar-refractivity contribution < 1.29 is 28.6 Å². The van der Waals surface area contributed by atoms with Crippen LogP contribution in [0.3, 0.4) is 0 Å². The number of allylic oxidation sites excluding steroid dienone is 22. The highest BCUT2D eigenvalue weighted by molar-refractivity contribution is 5.71. The summed E-state index contributed by atoms with van der Waals surface area (Å²) in [5.41, 5.74) is 0. The first-order valence-electron chi connectivity index (χ1n) is 22.8. The van der Waals surface area contributed by atoms with Crippen LogP contribution in [0.1, 0.15) is 162 Å². The Bertz CT molecular complexity index is 1350. The number of carbonyl (C=O) groups is 3. The van der Waals surface area contributed by atoms with Gasteiger partial charge in [0.25, 0.3) is 0 Å². The average molecular weight is 813 g/mol. The average Bonchev–Trinajstić information content (AvgIpc) is 3.23. The minimum absolute atomic E-state index is 0.134. The minimum atomic E-state index is -0.842. The molecule has 0 aromatic rings. The van der Waals surface area contributed by atoms with E-state index >= 15 is 0 Å². The minimum Gasteiger partial charge on any atom is -0.462 e. The third-order valence-corrected chi connectivity index (χ3v) is 8.88. The van der Waals surface area contributed by atoms with E-state index in [2.05, 4.69) is 51.2 Å². The molecule has 59 heavy (non-hydrogen) atoms. The lowest BCUT2D eigenvalue weighted by atomic mass is 10.1. The number of esters is 3. The zero-order valence-electron chi connectivity index (χ0n) is 37.2. The van der Waals surface area contributed by atoms with Crippen molar-refractivity contribution in [3.05, 3.63) is 134 Å². The summed E-state index contributed by atoms with van der Waals surface area (Å²) >= 11 is 0. The predicted molar refractivity (Wildman–Crippen MR) is 251 cm³/mol. The molecule has 6 heteroatoms. The second-order valence-corrected chi connectivity index (χ2v) is 14.4. The van der Waals surface area contributed by atoms with E-state index in [4.69, 9.17) is 14.2 Å². The van der Waals surface area contributed by atoms with Crippen LogP contribution in [0.5, 0.6) is 0 Å². The molecule has 0 aromatic carbocycles. The quantitative estimate of drug-likeness (QED) is 0.0203. The summed E-state index contributed by atoms with van der Waals surface area (Å²) in [5, 5.41) is 0. The van der Waals surface area contributed by atoms with Crippen molar-refractivity contribution in [2.75, 3.05) is 13.2 Å². The standard InChI is InChI=1S/C53H80O6/c1-4-7-10-13-16-19-22-25-26-29-31-34-37-40-43-46-52(55)58-49-50(59-53(56)47-44-41-38-35-32-28-24-21-18-15-12-9-6-3)48-57-51(54)45-42-39-36-33-30-27-23-20-17-14-11-8-5-2/h7,9-10,12-13,15-16,18-19,21-22,24-32,35,38,50H,4-6,8,11,14,17,20,23,33-34,36-37,39-49H2,1-3H3/b10-7+,12-9+,16-13+,18-15+,22-19+,24-21+,26-25+,30-27+,31-29+,32-28+,38-35+. The second kappa shape index (κ2) is 46.2. The summed E-state index contributed by atoms with van der Waals surface area (Å²) in [6, 6.07) is 0. The molecule has 0 aliphatic rings. The zero-order chi connectivity index (χ0) is 43.0. The van der Waals surface area contributed by atoms with Crippen molar-refractivity contribution in [1.82, 2.24) is 0 Å². The molecule has 6 nitrogen and oxygen atoms in total. The van der Waals surface area contributed by atoms with E-state index in [-0.39, 0.29) is 38.0 Å². The number of rotatable bonds is 38. The highest BCUT2D eigenvalue weighted by atomic mass is 16.6. The van der Waals surface area contributed by atoms with Crippen LogP contribution in [0.25, 0.3) is 0 Å². The monoisotopic (exact) mass is 813 g/mol. The molecular weight excluding hydrogens is 733 g/mol. The van der Waals surface area contributed by atoms with Gasteiger partial charge in [-0.15, -0.1) is 0 Å². The Morgan fingerprint density at radius 3 is 1.14 bits per heavy atom. The SMILES string of the molecule is CC/C=C/C=C/C=C/C=C/C=C/CCCCCC(=O)OCC(COC(=O)CCCCC/C=C/CCCCCCCC)OC(=O)CCC/C=C/C=C/C=C/C=C/C=C/CC. The fraction of sp³-hybridized carbons (Fsp3) is 0.528. The zero-order valence-corrected chi connectivity index (χ0v) is 37.2. The van der Waals surface area contributed by atoms with Crippen molar-refractivity contribution >= 4 is 17.9 Å². The molecule has 0 bridgehead atoms. The molecule has 328 valence electrons. The summed E-state index contributed by atoms with van der Waals surface area (Å²) in [6.07, 6.45) is 64.4. The van der Waals surface area contributed by atoms with Crippen LogP contribution in [0, 0.1) is 0 Å². The molecule has 0 radical (unpaired) electrons. The van der Waals surface area contributed by atoms with E-state index in [1.807, 2.05) is 103 Å². The maximum Gasteiger partial charge on any atom is 0.306 e. The third kappa shape index (κ3) is 44.5. The van der Waals surface area contributed by atoms with Crippen molar-refractivity contribution in [2.24, 2.45) is 0 Å². The first kappa shape index (κ1) is 54.6. The second-order valence-electron chi connectivity index (χ2n) is 14.4. The van der Waals surface area contributed by atoms with Crippen LogP contribution in [0.15, 0.2) is 134 Å². The lowest BCUT2D eigenvalue weighted by Gasteiger charge is -2.18. The molecule has 0 N–H and O–H groups in total. The van der Waals surface area contributed by atoms with E-state index in [1.54, 1.807) is 0 Å². The van der Waals surface area contributed by atoms with Gasteiger partial charge in [-0.25, -0.2) is 0 Å². The highest BCUT2D eigenvalue weighted by Gasteiger charge is 2.19. The molecule has 0 aliphatic heterocycles. The third-order valence-electron chi connectivity index (χ3n) is 8.88. The van der Waals surface area contributed by atoms with Crippen LogP contribution >= 0.6 is 0 Å². The number of ether oxygens (including phenoxy) is 3. The summed E-state index contributed by atoms with van der Waals surface area (Å²) in [6.45, 7) is 6.18. The molecule has 0 saturated heterocycles. The maximum absolute atomic E-state index is 12.7. The van der Waals surface area contributed by atoms with Crippen LogP contribution in [-0.2, 0) is 28.6 Å². The van der Waals surface area contributed by atoms with Crippen LogP contribution in [0.2, 0.25) is 0 Å². The highest BCUT2D eigenvalue weighted by Crippen LogP contribution is 2.11. The predicted octanol–water partition coefficient (Wildman–Crippen LogP) is 14.7. The molecule has 0 fully saturated rings. The van der Waals surface area contributed by atoms with E-state index in [0.29, 0.717) is 25.7 Å². The first-order chi connectivity index (χ1) is 29.0. The Morgan fingerprint density at radius 1 is 0.356 bits per heavy atom. The van der Waals surface area contributed by atoms with Crippen LogP contribution in [0.4, 0.5) is 0 Å². The Hall–Kier alpha value is -4.45. The molecule has 0 heterocycles. The van der Waals surface area contributed by atoms with E-state index in [1.165, 1.54) is 38.5 Å². The van der Waals surface area contributed by atoms with E-state index in [9.17, 15) is 14.4 Å². The van der Waals surface area contributed by atoms with Gasteiger partial charge in [-0.05, 0) is 77.0 Å². The largest absolute Gasteiger partial charge is 0.462 e. The number of unbranched alkanes of at least 4 members (excludes halogenated alkanes) is 13. The van der Waals surface area contributed by atoms with E-state index < -0.39 is 12.1 Å². The lowest BCUT2D eigenvalue weighted by molar-refractivity contribution is -0.167. The molecule has 1 unspecified atom stereocenters. The number of carbonyl (C=O) groups excluding carboxylic acids is 3. The summed E-state index contributed by atoms with van der Waals surface area (Å²) in [5.74, 6) is -1.08. The first-order valence-corrected chi connectivity index (χ1v) is 22.8. The van der Waals surface area contributed by atoms with Crippen LogP contribution in [-0.4, -0.2) is 37.2 Å². The normalized spacial score (nSPS) is 13.3. The van der Waals surface area contributed by atoms with Gasteiger partial charge in [0.2, 0.25) is 0 Å². The Balaban J connectivity index is 4.64. The maximum atomic E-state index is 12.7. The fourth-order valence-electron chi connectivity index (χ4n) is 5.48. The van der Waals surface area contributed by atoms with E-state index in [0.717, 1.165) is 64.2 Å². The molecule has 0 amide bonds. The molecule has 0 rings (SSSR count). The van der Waals surface area contributed by atoms with Crippen molar-refractivity contribution in [3.8, 4) is 0 Å². The number of hydrogen-bond acceptors (Lipinski definition) is 6. The Labute approximate surface area is 360 Å². The molecular formula is C53H80O6. The van der Waals surface area contributed by atoms with Gasteiger partial charge >= 0.3 is 17.9 Å². The molecule has 0 aliphatic carbocycles. The van der Waals surface area contributed by atoms with Gasteiger partial charge < -0.3 is 14.2 Å². The Kier molecular flexibility index (Phi) is 42.8. The van der Waals surface area contributed by atoms with Gasteiger partial charge in [-0.1, -0.05) is 199 Å². The number of hydrogen-bond donors (Lipinski definition) is 0. The molecule has 0 saturated carbocycles. The van der Waals surface area contributed by atoms with Gasteiger partial charge in [0.05, 0.1) is 0 Å². The molecule has 0 spiro atoms.